The first-order chi connectivity index (χ1) is 10.7. The quantitative estimate of drug-likeness (QED) is 0.620. The molecule has 2 aliphatic rings. The van der Waals surface area contributed by atoms with E-state index in [4.69, 9.17) is 4.42 Å². The van der Waals surface area contributed by atoms with Crippen molar-refractivity contribution in [1.29, 1.82) is 0 Å². The maximum absolute atomic E-state index is 6.06. The number of fused-ring (bicyclic) bond motifs is 5. The molecule has 4 rings (SSSR count). The number of hydrogen-bond acceptors (Lipinski definition) is 2. The van der Waals surface area contributed by atoms with Gasteiger partial charge in [0.25, 0.3) is 0 Å². The Bertz CT molecular complexity index is 798. The second-order valence-electron chi connectivity index (χ2n) is 8.54. The van der Waals surface area contributed by atoms with Crippen molar-refractivity contribution in [2.75, 3.05) is 4.90 Å². The first kappa shape index (κ1) is 14.9. The number of aryl methyl sites for hydroxylation is 1. The molecule has 2 nitrogen and oxygen atoms in total. The standard InChI is InChI=1S/C21H27NO/c1-13-9-8-10-16-17(13)22-14(2)15-11-12-23-18(15)21(22,7)20(5,6)19(16,3)4/h8-12,14H,1-7H3/t14-,21?/m0/s1. The molecule has 1 aromatic carbocycles. The van der Waals surface area contributed by atoms with Crippen LogP contribution in [0.25, 0.3) is 0 Å². The van der Waals surface area contributed by atoms with E-state index in [-0.39, 0.29) is 16.4 Å². The van der Waals surface area contributed by atoms with Crippen molar-refractivity contribution in [3.05, 3.63) is 53.0 Å². The molecule has 0 saturated heterocycles. The van der Waals surface area contributed by atoms with E-state index in [1.807, 2.05) is 6.26 Å². The summed E-state index contributed by atoms with van der Waals surface area (Å²) in [5.74, 6) is 1.15. The molecular formula is C21H27NO. The fourth-order valence-corrected chi connectivity index (χ4v) is 5.11. The molecule has 3 heterocycles. The van der Waals surface area contributed by atoms with Crippen LogP contribution in [0, 0.1) is 12.3 Å². The fourth-order valence-electron chi connectivity index (χ4n) is 5.11. The lowest BCUT2D eigenvalue weighted by Gasteiger charge is -2.61. The lowest BCUT2D eigenvalue weighted by Crippen LogP contribution is -2.62. The molecule has 23 heavy (non-hydrogen) atoms. The van der Waals surface area contributed by atoms with Crippen molar-refractivity contribution in [1.82, 2.24) is 0 Å². The van der Waals surface area contributed by atoms with Gasteiger partial charge in [-0.25, -0.2) is 0 Å². The molecule has 0 saturated carbocycles. The van der Waals surface area contributed by atoms with E-state index in [2.05, 4.69) is 77.6 Å². The summed E-state index contributed by atoms with van der Waals surface area (Å²) < 4.78 is 6.06. The van der Waals surface area contributed by atoms with Gasteiger partial charge in [0, 0.05) is 16.7 Å². The highest BCUT2D eigenvalue weighted by molar-refractivity contribution is 5.71. The molecule has 2 heteroatoms. The normalized spacial score (nSPS) is 29.9. The zero-order valence-corrected chi connectivity index (χ0v) is 15.3. The smallest absolute Gasteiger partial charge is 0.134 e. The summed E-state index contributed by atoms with van der Waals surface area (Å²) >= 11 is 0. The van der Waals surface area contributed by atoms with Gasteiger partial charge in [-0.05, 0) is 43.4 Å². The molecule has 0 aliphatic carbocycles. The average molecular weight is 309 g/mol. The highest BCUT2D eigenvalue weighted by Crippen LogP contribution is 2.67. The van der Waals surface area contributed by atoms with Gasteiger partial charge in [0.15, 0.2) is 0 Å². The summed E-state index contributed by atoms with van der Waals surface area (Å²) in [4.78, 5) is 2.62. The minimum atomic E-state index is -0.145. The molecule has 1 aromatic heterocycles. The molecule has 0 bridgehead atoms. The molecule has 0 radical (unpaired) electrons. The largest absolute Gasteiger partial charge is 0.466 e. The molecule has 122 valence electrons. The van der Waals surface area contributed by atoms with Gasteiger partial charge in [0.1, 0.15) is 11.3 Å². The third kappa shape index (κ3) is 1.38. The first-order valence-electron chi connectivity index (χ1n) is 8.63. The number of hydrogen-bond donors (Lipinski definition) is 0. The molecule has 0 fully saturated rings. The third-order valence-electron chi connectivity index (χ3n) is 7.39. The summed E-state index contributed by atoms with van der Waals surface area (Å²) in [6.45, 7) is 16.5. The van der Waals surface area contributed by atoms with Gasteiger partial charge in [0.05, 0.1) is 12.3 Å². The van der Waals surface area contributed by atoms with Crippen molar-refractivity contribution < 1.29 is 4.42 Å². The minimum absolute atomic E-state index is 0.0259. The van der Waals surface area contributed by atoms with Crippen LogP contribution in [0.2, 0.25) is 0 Å². The van der Waals surface area contributed by atoms with Gasteiger partial charge in [-0.15, -0.1) is 0 Å². The average Bonchev–Trinajstić information content (AvgIpc) is 3.03. The summed E-state index contributed by atoms with van der Waals surface area (Å²) in [5, 5.41) is 0. The van der Waals surface area contributed by atoms with Crippen molar-refractivity contribution in [3.8, 4) is 0 Å². The predicted octanol–water partition coefficient (Wildman–Crippen LogP) is 5.70. The Labute approximate surface area is 139 Å². The maximum atomic E-state index is 6.06. The minimum Gasteiger partial charge on any atom is -0.466 e. The van der Waals surface area contributed by atoms with Gasteiger partial charge in [-0.2, -0.15) is 0 Å². The Kier molecular flexibility index (Phi) is 2.61. The highest BCUT2D eigenvalue weighted by atomic mass is 16.3. The Balaban J connectivity index is 2.15. The van der Waals surface area contributed by atoms with Crippen molar-refractivity contribution in [3.63, 3.8) is 0 Å². The van der Waals surface area contributed by atoms with Crippen LogP contribution in [0.1, 0.15) is 70.0 Å². The number of benzene rings is 1. The van der Waals surface area contributed by atoms with Crippen LogP contribution < -0.4 is 4.90 Å². The summed E-state index contributed by atoms with van der Waals surface area (Å²) in [6, 6.07) is 9.25. The van der Waals surface area contributed by atoms with E-state index in [0.717, 1.165) is 5.76 Å². The van der Waals surface area contributed by atoms with Crippen LogP contribution in [-0.4, -0.2) is 0 Å². The lowest BCUT2D eigenvalue weighted by molar-refractivity contribution is 0.0509. The molecule has 2 aromatic rings. The van der Waals surface area contributed by atoms with E-state index < -0.39 is 0 Å². The molecule has 0 spiro atoms. The number of rotatable bonds is 0. The van der Waals surface area contributed by atoms with Crippen LogP contribution in [0.5, 0.6) is 0 Å². The number of anilines is 1. The Morgan fingerprint density at radius 1 is 1.04 bits per heavy atom. The highest BCUT2D eigenvalue weighted by Gasteiger charge is 2.65. The molecule has 2 aliphatic heterocycles. The Morgan fingerprint density at radius 2 is 1.74 bits per heavy atom. The van der Waals surface area contributed by atoms with Crippen LogP contribution in [0.4, 0.5) is 5.69 Å². The number of nitrogens with zero attached hydrogens (tertiary/aromatic N) is 1. The summed E-state index contributed by atoms with van der Waals surface area (Å²) in [7, 11) is 0. The maximum Gasteiger partial charge on any atom is 0.134 e. The van der Waals surface area contributed by atoms with Crippen molar-refractivity contribution >= 4 is 5.69 Å². The zero-order valence-electron chi connectivity index (χ0n) is 15.3. The SMILES string of the molecule is Cc1cccc2c1N1[C@@H](C)c3ccoc3C1(C)C(C)(C)C2(C)C. The molecule has 0 N–H and O–H groups in total. The van der Waals surface area contributed by atoms with E-state index in [1.54, 1.807) is 0 Å². The van der Waals surface area contributed by atoms with Gasteiger partial charge in [0.2, 0.25) is 0 Å². The number of furan rings is 1. The molecule has 1 unspecified atom stereocenters. The lowest BCUT2D eigenvalue weighted by atomic mass is 9.52. The molecule has 2 atom stereocenters. The Hall–Kier alpha value is -1.70. The predicted molar refractivity (Wildman–Crippen MR) is 94.9 cm³/mol. The second-order valence-corrected chi connectivity index (χ2v) is 8.54. The van der Waals surface area contributed by atoms with Crippen molar-refractivity contribution in [2.45, 2.75) is 65.5 Å². The zero-order chi connectivity index (χ0) is 16.8. The van der Waals surface area contributed by atoms with E-state index in [0.29, 0.717) is 6.04 Å². The molecule has 0 amide bonds. The van der Waals surface area contributed by atoms with Crippen LogP contribution in [-0.2, 0) is 11.0 Å². The van der Waals surface area contributed by atoms with Gasteiger partial charge >= 0.3 is 0 Å². The van der Waals surface area contributed by atoms with Gasteiger partial charge < -0.3 is 9.32 Å². The second kappa shape index (κ2) is 4.03. The first-order valence-corrected chi connectivity index (χ1v) is 8.63. The third-order valence-corrected chi connectivity index (χ3v) is 7.39. The monoisotopic (exact) mass is 309 g/mol. The molecular weight excluding hydrogens is 282 g/mol. The van der Waals surface area contributed by atoms with Gasteiger partial charge in [-0.3, -0.25) is 0 Å². The van der Waals surface area contributed by atoms with Crippen molar-refractivity contribution in [2.24, 2.45) is 5.41 Å². The van der Waals surface area contributed by atoms with Crippen LogP contribution in [0.15, 0.2) is 34.9 Å². The number of para-hydroxylation sites is 1. The Morgan fingerprint density at radius 3 is 2.43 bits per heavy atom. The topological polar surface area (TPSA) is 16.4 Å². The van der Waals surface area contributed by atoms with Gasteiger partial charge in [-0.1, -0.05) is 45.9 Å². The van der Waals surface area contributed by atoms with E-state index >= 15 is 0 Å². The van der Waals surface area contributed by atoms with E-state index in [9.17, 15) is 0 Å². The van der Waals surface area contributed by atoms with Crippen LogP contribution in [0.3, 0.4) is 0 Å². The van der Waals surface area contributed by atoms with E-state index in [1.165, 1.54) is 22.4 Å². The van der Waals surface area contributed by atoms with Crippen LogP contribution >= 0.6 is 0 Å². The summed E-state index contributed by atoms with van der Waals surface area (Å²) in [5.41, 5.74) is 5.48. The fraction of sp³-hybridized carbons (Fsp3) is 0.524. The summed E-state index contributed by atoms with van der Waals surface area (Å²) in [6.07, 6.45) is 1.86.